The lowest BCUT2D eigenvalue weighted by atomic mass is 9.35. The molecule has 1 saturated carbocycles. The molecule has 0 bridgehead atoms. The molecule has 2 atom stereocenters. The first-order valence-electron chi connectivity index (χ1n) is 21.4. The molecular formula is C54H42BN3O2. The monoisotopic (exact) mass is 775 g/mol. The van der Waals surface area contributed by atoms with Crippen LogP contribution >= 0.6 is 0 Å². The van der Waals surface area contributed by atoms with Crippen molar-refractivity contribution in [2.45, 2.75) is 50.5 Å². The van der Waals surface area contributed by atoms with Gasteiger partial charge in [0.2, 0.25) is 5.88 Å². The SMILES string of the molecule is CC12CCCCC1(C)N(c1cc3c4c(c1)N(c1ccccc1)c1c(oc5ccccc15)B4c1c(oc4ccccc14)N3c1cccc(-c3ccccc3)c1)c1ccccc12. The topological polar surface area (TPSA) is 36.0 Å². The molecule has 0 radical (unpaired) electrons. The molecule has 288 valence electrons. The summed E-state index contributed by atoms with van der Waals surface area (Å²) in [6.07, 6.45) is 4.72. The van der Waals surface area contributed by atoms with Crippen LogP contribution in [0.1, 0.15) is 45.1 Å². The first-order chi connectivity index (χ1) is 29.5. The third-order valence-electron chi connectivity index (χ3n) is 14.6. The molecule has 13 rings (SSSR count). The van der Waals surface area contributed by atoms with E-state index in [2.05, 4.69) is 198 Å². The average molecular weight is 776 g/mol. The molecule has 0 saturated heterocycles. The number of furan rings is 2. The fraction of sp³-hybridized carbons (Fsp3) is 0.148. The van der Waals surface area contributed by atoms with E-state index >= 15 is 0 Å². The van der Waals surface area contributed by atoms with Gasteiger partial charge < -0.3 is 18.6 Å². The second kappa shape index (κ2) is 12.3. The van der Waals surface area contributed by atoms with Crippen molar-refractivity contribution < 1.29 is 8.83 Å². The highest BCUT2D eigenvalue weighted by Crippen LogP contribution is 2.62. The maximum absolute atomic E-state index is 7.16. The van der Waals surface area contributed by atoms with Gasteiger partial charge >= 0.3 is 6.71 Å². The minimum atomic E-state index is -0.222. The fourth-order valence-corrected chi connectivity index (χ4v) is 11.7. The van der Waals surface area contributed by atoms with Crippen molar-refractivity contribution in [1.82, 2.24) is 0 Å². The minimum Gasteiger partial charge on any atom is -0.468 e. The molecule has 6 heteroatoms. The zero-order chi connectivity index (χ0) is 39.7. The summed E-state index contributed by atoms with van der Waals surface area (Å²) >= 11 is 0. The lowest BCUT2D eigenvalue weighted by molar-refractivity contribution is 0.195. The van der Waals surface area contributed by atoms with Gasteiger partial charge in [0.05, 0.1) is 16.9 Å². The Labute approximate surface area is 350 Å². The predicted molar refractivity (Wildman–Crippen MR) is 248 cm³/mol. The second-order valence-corrected chi connectivity index (χ2v) is 17.5. The number of hydrogen-bond acceptors (Lipinski definition) is 5. The minimum absolute atomic E-state index is 0.000166. The second-order valence-electron chi connectivity index (χ2n) is 17.5. The Morgan fingerprint density at radius 3 is 1.95 bits per heavy atom. The summed E-state index contributed by atoms with van der Waals surface area (Å²) in [5.41, 5.74) is 16.6. The highest BCUT2D eigenvalue weighted by molar-refractivity contribution is 7.01. The van der Waals surface area contributed by atoms with Crippen molar-refractivity contribution in [3.05, 3.63) is 175 Å². The molecule has 5 nitrogen and oxygen atoms in total. The first kappa shape index (κ1) is 34.0. The summed E-state index contributed by atoms with van der Waals surface area (Å²) in [5.74, 6) is 0.831. The van der Waals surface area contributed by atoms with Gasteiger partial charge in [-0.15, -0.1) is 0 Å². The summed E-state index contributed by atoms with van der Waals surface area (Å²) in [7, 11) is 0. The van der Waals surface area contributed by atoms with E-state index in [0.29, 0.717) is 0 Å². The van der Waals surface area contributed by atoms with E-state index in [1.54, 1.807) is 0 Å². The normalized spacial score (nSPS) is 19.9. The van der Waals surface area contributed by atoms with Crippen LogP contribution in [0.5, 0.6) is 0 Å². The van der Waals surface area contributed by atoms with Crippen LogP contribution in [0.4, 0.5) is 45.7 Å². The van der Waals surface area contributed by atoms with Gasteiger partial charge in [0.1, 0.15) is 11.2 Å². The quantitative estimate of drug-likeness (QED) is 0.166. The Bertz CT molecular complexity index is 3190. The van der Waals surface area contributed by atoms with E-state index in [-0.39, 0.29) is 17.7 Å². The van der Waals surface area contributed by atoms with Crippen LogP contribution in [0.25, 0.3) is 33.1 Å². The molecule has 9 aromatic rings. The predicted octanol–water partition coefficient (Wildman–Crippen LogP) is 12.7. The highest BCUT2D eigenvalue weighted by Gasteiger charge is 2.58. The van der Waals surface area contributed by atoms with E-state index in [0.717, 1.165) is 85.8 Å². The molecule has 4 aliphatic rings. The molecule has 0 amide bonds. The van der Waals surface area contributed by atoms with Crippen LogP contribution in [-0.2, 0) is 5.41 Å². The van der Waals surface area contributed by atoms with Crippen molar-refractivity contribution >= 4 is 90.9 Å². The van der Waals surface area contributed by atoms with Gasteiger partial charge in [-0.3, -0.25) is 4.90 Å². The van der Waals surface area contributed by atoms with Crippen LogP contribution < -0.4 is 31.3 Å². The Hall–Kier alpha value is -6.92. The van der Waals surface area contributed by atoms with Crippen LogP contribution in [0.3, 0.4) is 0 Å². The number of para-hydroxylation sites is 4. The zero-order valence-corrected chi connectivity index (χ0v) is 33.7. The number of benzene rings is 7. The fourth-order valence-electron chi connectivity index (χ4n) is 11.7. The number of nitrogens with zero attached hydrogens (tertiary/aromatic N) is 3. The van der Waals surface area contributed by atoms with Crippen molar-refractivity contribution in [3.8, 4) is 11.1 Å². The third-order valence-corrected chi connectivity index (χ3v) is 14.6. The van der Waals surface area contributed by atoms with Crippen LogP contribution in [-0.4, -0.2) is 12.3 Å². The van der Waals surface area contributed by atoms with Crippen LogP contribution in [0.15, 0.2) is 179 Å². The van der Waals surface area contributed by atoms with Gasteiger partial charge in [0.25, 0.3) is 0 Å². The van der Waals surface area contributed by atoms with Gasteiger partial charge in [-0.05, 0) is 103 Å². The highest BCUT2D eigenvalue weighted by atomic mass is 16.4. The lowest BCUT2D eigenvalue weighted by Gasteiger charge is -2.51. The summed E-state index contributed by atoms with van der Waals surface area (Å²) in [5, 5.41) is 2.19. The van der Waals surface area contributed by atoms with E-state index in [4.69, 9.17) is 8.83 Å². The Morgan fingerprint density at radius 2 is 1.13 bits per heavy atom. The van der Waals surface area contributed by atoms with Gasteiger partial charge in [0.15, 0.2) is 0 Å². The number of hydrogen-bond donors (Lipinski definition) is 0. The van der Waals surface area contributed by atoms with Crippen LogP contribution in [0, 0.1) is 0 Å². The van der Waals surface area contributed by atoms with E-state index in [1.807, 2.05) is 0 Å². The van der Waals surface area contributed by atoms with Crippen molar-refractivity contribution in [2.75, 3.05) is 14.7 Å². The van der Waals surface area contributed by atoms with Crippen molar-refractivity contribution in [1.29, 1.82) is 0 Å². The largest absolute Gasteiger partial charge is 0.468 e. The number of fused-ring (bicyclic) bond motifs is 11. The van der Waals surface area contributed by atoms with Gasteiger partial charge in [0, 0.05) is 55.8 Å². The maximum atomic E-state index is 7.16. The summed E-state index contributed by atoms with van der Waals surface area (Å²) in [6, 6.07) is 61.7. The van der Waals surface area contributed by atoms with Crippen molar-refractivity contribution in [3.63, 3.8) is 0 Å². The van der Waals surface area contributed by atoms with E-state index in [9.17, 15) is 0 Å². The zero-order valence-electron chi connectivity index (χ0n) is 33.7. The molecule has 2 unspecified atom stereocenters. The summed E-state index contributed by atoms with van der Waals surface area (Å²) in [4.78, 5) is 7.60. The summed E-state index contributed by atoms with van der Waals surface area (Å²) in [6.45, 7) is 4.82. The Kier molecular flexibility index (Phi) is 6.97. The van der Waals surface area contributed by atoms with Crippen molar-refractivity contribution in [2.24, 2.45) is 0 Å². The molecule has 3 aliphatic heterocycles. The molecule has 60 heavy (non-hydrogen) atoms. The molecule has 1 fully saturated rings. The first-order valence-corrected chi connectivity index (χ1v) is 21.4. The maximum Gasteiger partial charge on any atom is 0.302 e. The summed E-state index contributed by atoms with van der Waals surface area (Å²) < 4.78 is 14.3. The third kappa shape index (κ3) is 4.43. The molecule has 0 N–H and O–H groups in total. The lowest BCUT2D eigenvalue weighted by Crippen LogP contribution is -2.61. The molecule has 2 aromatic heterocycles. The van der Waals surface area contributed by atoms with Crippen LogP contribution in [0.2, 0.25) is 0 Å². The van der Waals surface area contributed by atoms with Gasteiger partial charge in [-0.1, -0.05) is 129 Å². The molecule has 1 aliphatic carbocycles. The van der Waals surface area contributed by atoms with E-state index in [1.165, 1.54) is 40.8 Å². The van der Waals surface area contributed by atoms with Gasteiger partial charge in [-0.2, -0.15) is 0 Å². The number of anilines is 8. The number of rotatable bonds is 4. The van der Waals surface area contributed by atoms with Gasteiger partial charge in [-0.25, -0.2) is 0 Å². The standard InChI is InChI=1S/C54H42BN3O2/c1-53-30-15-16-31-54(53,2)58(43-27-12-11-26-42(43)53)39-33-44-49-45(34-39)57(38-23-17-20-36(32-38)35-18-5-3-6-19-35)52-48(40-24-9-13-28-46(40)60-52)55(49)51-50(41-25-10-14-29-47(41)59-51)56(44)37-21-7-4-8-22-37/h3-14,17-29,32-34H,15-16,30-31H2,1-2H3. The molecule has 7 aromatic carbocycles. The molecular weight excluding hydrogens is 733 g/mol. The smallest absolute Gasteiger partial charge is 0.302 e. The molecule has 0 spiro atoms. The Morgan fingerprint density at radius 1 is 0.500 bits per heavy atom. The Balaban J connectivity index is 1.17. The molecule has 5 heterocycles. The average Bonchev–Trinajstić information content (AvgIpc) is 3.93. The van der Waals surface area contributed by atoms with E-state index < -0.39 is 0 Å².